The predicted octanol–water partition coefficient (Wildman–Crippen LogP) is 1.30. The van der Waals surface area contributed by atoms with Crippen molar-refractivity contribution in [1.29, 1.82) is 0 Å². The van der Waals surface area contributed by atoms with Gasteiger partial charge < -0.3 is 4.90 Å². The zero-order valence-electron chi connectivity index (χ0n) is 8.23. The van der Waals surface area contributed by atoms with Crippen molar-refractivity contribution in [3.63, 3.8) is 0 Å². The van der Waals surface area contributed by atoms with Gasteiger partial charge in [0.05, 0.1) is 18.1 Å². The minimum Gasteiger partial charge on any atom is -0.310 e. The Morgan fingerprint density at radius 3 is 2.64 bits per heavy atom. The Bertz CT molecular complexity index is 334. The number of hydrogen-bond acceptors (Lipinski definition) is 3. The monoisotopic (exact) mass is 191 g/mol. The Balaban J connectivity index is 2.20. The van der Waals surface area contributed by atoms with E-state index in [1.807, 2.05) is 6.92 Å². The molecule has 1 fully saturated rings. The first-order chi connectivity index (χ1) is 6.77. The van der Waals surface area contributed by atoms with Crippen molar-refractivity contribution in [2.75, 3.05) is 11.4 Å². The van der Waals surface area contributed by atoms with E-state index in [1.54, 1.807) is 17.3 Å². The maximum Gasteiger partial charge on any atom is 0.227 e. The molecule has 14 heavy (non-hydrogen) atoms. The Morgan fingerprint density at radius 2 is 2.00 bits per heavy atom. The highest BCUT2D eigenvalue weighted by Crippen LogP contribution is 2.18. The third-order valence-corrected chi connectivity index (χ3v) is 2.40. The van der Waals surface area contributed by atoms with Crippen LogP contribution in [0, 0.1) is 6.92 Å². The number of nitrogens with zero attached hydrogens (tertiary/aromatic N) is 3. The van der Waals surface area contributed by atoms with E-state index >= 15 is 0 Å². The lowest BCUT2D eigenvalue weighted by molar-refractivity contribution is -0.119. The Kier molecular flexibility index (Phi) is 2.43. The van der Waals surface area contributed by atoms with Crippen LogP contribution in [-0.4, -0.2) is 22.4 Å². The van der Waals surface area contributed by atoms with Gasteiger partial charge in [0.1, 0.15) is 5.82 Å². The second kappa shape index (κ2) is 3.74. The predicted molar refractivity (Wildman–Crippen MR) is 53.0 cm³/mol. The molecule has 0 aromatic carbocycles. The Hall–Kier alpha value is -1.45. The molecular weight excluding hydrogens is 178 g/mol. The van der Waals surface area contributed by atoms with Crippen molar-refractivity contribution < 1.29 is 4.79 Å². The minimum absolute atomic E-state index is 0.184. The van der Waals surface area contributed by atoms with Crippen LogP contribution < -0.4 is 4.90 Å². The van der Waals surface area contributed by atoms with Crippen molar-refractivity contribution in [1.82, 2.24) is 9.97 Å². The number of aryl methyl sites for hydroxylation is 1. The van der Waals surface area contributed by atoms with E-state index in [0.29, 0.717) is 6.42 Å². The SMILES string of the molecule is Cc1ncc(N2CCCCC2=O)cn1. The number of anilines is 1. The summed E-state index contributed by atoms with van der Waals surface area (Å²) >= 11 is 0. The second-order valence-electron chi connectivity index (χ2n) is 3.49. The molecule has 0 radical (unpaired) electrons. The van der Waals surface area contributed by atoms with Crippen molar-refractivity contribution in [2.24, 2.45) is 0 Å². The molecule has 1 aliphatic rings. The quantitative estimate of drug-likeness (QED) is 0.672. The van der Waals surface area contributed by atoms with E-state index in [9.17, 15) is 4.79 Å². The summed E-state index contributed by atoms with van der Waals surface area (Å²) in [6.45, 7) is 2.63. The van der Waals surface area contributed by atoms with Crippen LogP contribution in [0.25, 0.3) is 0 Å². The van der Waals surface area contributed by atoms with Gasteiger partial charge in [-0.15, -0.1) is 0 Å². The molecule has 1 amide bonds. The maximum absolute atomic E-state index is 11.6. The fourth-order valence-corrected chi connectivity index (χ4v) is 1.60. The first-order valence-corrected chi connectivity index (χ1v) is 4.86. The van der Waals surface area contributed by atoms with E-state index in [1.165, 1.54) is 0 Å². The van der Waals surface area contributed by atoms with Gasteiger partial charge in [-0.05, 0) is 19.8 Å². The Labute approximate surface area is 83.0 Å². The lowest BCUT2D eigenvalue weighted by Crippen LogP contribution is -2.35. The number of hydrogen-bond donors (Lipinski definition) is 0. The third-order valence-electron chi connectivity index (χ3n) is 2.40. The highest BCUT2D eigenvalue weighted by Gasteiger charge is 2.19. The molecule has 0 aliphatic carbocycles. The first kappa shape index (κ1) is 9.12. The van der Waals surface area contributed by atoms with Crippen molar-refractivity contribution in [3.05, 3.63) is 18.2 Å². The number of carbonyl (C=O) groups excluding carboxylic acids is 1. The van der Waals surface area contributed by atoms with Gasteiger partial charge in [-0.1, -0.05) is 0 Å². The van der Waals surface area contributed by atoms with Crippen molar-refractivity contribution in [3.8, 4) is 0 Å². The van der Waals surface area contributed by atoms with Crippen LogP contribution >= 0.6 is 0 Å². The standard InChI is InChI=1S/C10H13N3O/c1-8-11-6-9(7-12-8)13-5-3-2-4-10(13)14/h6-7H,2-5H2,1H3. The molecule has 1 aromatic heterocycles. The molecule has 74 valence electrons. The molecule has 1 saturated heterocycles. The summed E-state index contributed by atoms with van der Waals surface area (Å²) in [5, 5.41) is 0. The molecule has 2 heterocycles. The van der Waals surface area contributed by atoms with Gasteiger partial charge in [0.15, 0.2) is 0 Å². The van der Waals surface area contributed by atoms with Gasteiger partial charge in [0.2, 0.25) is 5.91 Å². The lowest BCUT2D eigenvalue weighted by atomic mass is 10.1. The average Bonchev–Trinajstić information content (AvgIpc) is 2.20. The van der Waals surface area contributed by atoms with Crippen LogP contribution in [0.5, 0.6) is 0 Å². The van der Waals surface area contributed by atoms with Crippen molar-refractivity contribution >= 4 is 11.6 Å². The average molecular weight is 191 g/mol. The van der Waals surface area contributed by atoms with Gasteiger partial charge >= 0.3 is 0 Å². The molecule has 4 heteroatoms. The summed E-state index contributed by atoms with van der Waals surface area (Å²) in [5.74, 6) is 0.918. The van der Waals surface area contributed by atoms with E-state index in [0.717, 1.165) is 30.9 Å². The molecule has 1 aliphatic heterocycles. The molecule has 0 bridgehead atoms. The second-order valence-corrected chi connectivity index (χ2v) is 3.49. The minimum atomic E-state index is 0.184. The highest BCUT2D eigenvalue weighted by molar-refractivity contribution is 5.93. The smallest absolute Gasteiger partial charge is 0.227 e. The number of rotatable bonds is 1. The summed E-state index contributed by atoms with van der Waals surface area (Å²) in [6.07, 6.45) is 6.15. The fraction of sp³-hybridized carbons (Fsp3) is 0.500. The van der Waals surface area contributed by atoms with Gasteiger partial charge in [-0.3, -0.25) is 4.79 Å². The molecule has 0 spiro atoms. The topological polar surface area (TPSA) is 46.1 Å². The number of aromatic nitrogens is 2. The van der Waals surface area contributed by atoms with E-state index in [2.05, 4.69) is 9.97 Å². The summed E-state index contributed by atoms with van der Waals surface area (Å²) in [5.41, 5.74) is 0.820. The van der Waals surface area contributed by atoms with Gasteiger partial charge in [-0.2, -0.15) is 0 Å². The molecule has 0 saturated carbocycles. The van der Waals surface area contributed by atoms with E-state index in [4.69, 9.17) is 0 Å². The molecule has 2 rings (SSSR count). The normalized spacial score (nSPS) is 17.2. The number of carbonyl (C=O) groups is 1. The van der Waals surface area contributed by atoms with E-state index in [-0.39, 0.29) is 5.91 Å². The molecule has 0 unspecified atom stereocenters. The summed E-state index contributed by atoms with van der Waals surface area (Å²) in [4.78, 5) is 21.5. The van der Waals surface area contributed by atoms with Crippen molar-refractivity contribution in [2.45, 2.75) is 26.2 Å². The molecular formula is C10H13N3O. The first-order valence-electron chi connectivity index (χ1n) is 4.86. The largest absolute Gasteiger partial charge is 0.310 e. The zero-order chi connectivity index (χ0) is 9.97. The van der Waals surface area contributed by atoms with Crippen LogP contribution in [0.3, 0.4) is 0 Å². The lowest BCUT2D eigenvalue weighted by Gasteiger charge is -2.25. The van der Waals surface area contributed by atoms with Gasteiger partial charge in [0, 0.05) is 13.0 Å². The van der Waals surface area contributed by atoms with Gasteiger partial charge in [-0.25, -0.2) is 9.97 Å². The Morgan fingerprint density at radius 1 is 1.29 bits per heavy atom. The van der Waals surface area contributed by atoms with Crippen LogP contribution in [-0.2, 0) is 4.79 Å². The van der Waals surface area contributed by atoms with Crippen LogP contribution in [0.15, 0.2) is 12.4 Å². The van der Waals surface area contributed by atoms with Crippen LogP contribution in [0.2, 0.25) is 0 Å². The zero-order valence-corrected chi connectivity index (χ0v) is 8.23. The molecule has 0 atom stereocenters. The summed E-state index contributed by atoms with van der Waals surface area (Å²) in [7, 11) is 0. The maximum atomic E-state index is 11.6. The molecule has 4 nitrogen and oxygen atoms in total. The summed E-state index contributed by atoms with van der Waals surface area (Å²) < 4.78 is 0. The number of amides is 1. The van der Waals surface area contributed by atoms with Crippen LogP contribution in [0.4, 0.5) is 5.69 Å². The number of piperidine rings is 1. The molecule has 0 N–H and O–H groups in total. The molecule has 1 aromatic rings. The van der Waals surface area contributed by atoms with Gasteiger partial charge in [0.25, 0.3) is 0 Å². The summed E-state index contributed by atoms with van der Waals surface area (Å²) in [6, 6.07) is 0. The van der Waals surface area contributed by atoms with E-state index < -0.39 is 0 Å². The third kappa shape index (κ3) is 1.73. The highest BCUT2D eigenvalue weighted by atomic mass is 16.2. The van der Waals surface area contributed by atoms with Crippen LogP contribution in [0.1, 0.15) is 25.1 Å². The fourth-order valence-electron chi connectivity index (χ4n) is 1.60.